The minimum absolute atomic E-state index is 0.127. The summed E-state index contributed by atoms with van der Waals surface area (Å²) in [6.45, 7) is 5.82. The van der Waals surface area contributed by atoms with E-state index in [1.54, 1.807) is 50.4 Å². The highest BCUT2D eigenvalue weighted by Crippen LogP contribution is 2.25. The number of rotatable bonds is 4. The van der Waals surface area contributed by atoms with Gasteiger partial charge in [-0.05, 0) is 55.3 Å². The standard InChI is InChI=1S/C15H20N2O2S2/c1-15(2,3)21(18,19)14-6-5-13(9-16-14)17(4)10-12-7-8-20-11-12/h5-9,11H,10H2,1-4H3. The van der Waals surface area contributed by atoms with Crippen molar-refractivity contribution >= 4 is 26.9 Å². The Labute approximate surface area is 130 Å². The van der Waals surface area contributed by atoms with Crippen molar-refractivity contribution in [3.63, 3.8) is 0 Å². The largest absolute Gasteiger partial charge is 0.369 e. The SMILES string of the molecule is CN(Cc1ccsc1)c1ccc(S(=O)(=O)C(C)(C)C)nc1. The normalized spacial score (nSPS) is 12.4. The van der Waals surface area contributed by atoms with E-state index < -0.39 is 14.6 Å². The van der Waals surface area contributed by atoms with Crippen LogP contribution in [0.5, 0.6) is 0 Å². The van der Waals surface area contributed by atoms with Crippen LogP contribution >= 0.6 is 11.3 Å². The van der Waals surface area contributed by atoms with E-state index in [-0.39, 0.29) is 5.03 Å². The Balaban J connectivity index is 2.19. The number of hydrogen-bond donors (Lipinski definition) is 0. The quantitative estimate of drug-likeness (QED) is 0.865. The van der Waals surface area contributed by atoms with Crippen LogP contribution in [0.1, 0.15) is 26.3 Å². The molecule has 2 rings (SSSR count). The van der Waals surface area contributed by atoms with Crippen molar-refractivity contribution in [2.45, 2.75) is 37.1 Å². The number of aromatic nitrogens is 1. The Morgan fingerprint density at radius 3 is 2.43 bits per heavy atom. The molecule has 0 unspecified atom stereocenters. The zero-order valence-corrected chi connectivity index (χ0v) is 14.3. The number of sulfone groups is 1. The number of hydrogen-bond acceptors (Lipinski definition) is 5. The molecule has 0 spiro atoms. The van der Waals surface area contributed by atoms with Crippen molar-refractivity contribution in [2.75, 3.05) is 11.9 Å². The highest BCUT2D eigenvalue weighted by Gasteiger charge is 2.31. The molecule has 0 bridgehead atoms. The lowest BCUT2D eigenvalue weighted by atomic mass is 10.3. The third kappa shape index (κ3) is 3.44. The minimum Gasteiger partial charge on any atom is -0.369 e. The maximum absolute atomic E-state index is 12.3. The first-order valence-electron chi connectivity index (χ1n) is 6.65. The monoisotopic (exact) mass is 324 g/mol. The molecule has 0 saturated heterocycles. The molecule has 2 heterocycles. The van der Waals surface area contributed by atoms with Gasteiger partial charge in [0.15, 0.2) is 14.9 Å². The predicted octanol–water partition coefficient (Wildman–Crippen LogP) is 3.35. The van der Waals surface area contributed by atoms with Gasteiger partial charge in [0.25, 0.3) is 0 Å². The fourth-order valence-corrected chi connectivity index (χ4v) is 3.54. The van der Waals surface area contributed by atoms with Crippen molar-refractivity contribution in [2.24, 2.45) is 0 Å². The van der Waals surface area contributed by atoms with Crippen LogP contribution in [0.15, 0.2) is 40.2 Å². The first-order valence-corrected chi connectivity index (χ1v) is 9.07. The number of nitrogens with zero attached hydrogens (tertiary/aromatic N) is 2. The van der Waals surface area contributed by atoms with Gasteiger partial charge in [-0.3, -0.25) is 0 Å². The van der Waals surface area contributed by atoms with Crippen LogP contribution in [0.4, 0.5) is 5.69 Å². The Morgan fingerprint density at radius 2 is 1.95 bits per heavy atom. The van der Waals surface area contributed by atoms with Crippen LogP contribution in [-0.2, 0) is 16.4 Å². The highest BCUT2D eigenvalue weighted by molar-refractivity contribution is 7.92. The van der Waals surface area contributed by atoms with Crippen molar-refractivity contribution in [1.29, 1.82) is 0 Å². The minimum atomic E-state index is -3.40. The number of anilines is 1. The molecule has 0 aromatic carbocycles. The summed E-state index contributed by atoms with van der Waals surface area (Å²) in [5.41, 5.74) is 2.13. The molecule has 0 aliphatic carbocycles. The van der Waals surface area contributed by atoms with Gasteiger partial charge in [0.1, 0.15) is 0 Å². The van der Waals surface area contributed by atoms with Crippen LogP contribution in [0.25, 0.3) is 0 Å². The lowest BCUT2D eigenvalue weighted by molar-refractivity contribution is 0.556. The molecule has 0 saturated carbocycles. The third-order valence-corrected chi connectivity index (χ3v) is 6.38. The van der Waals surface area contributed by atoms with E-state index in [0.29, 0.717) is 0 Å². The molecule has 114 valence electrons. The van der Waals surface area contributed by atoms with Gasteiger partial charge < -0.3 is 4.90 Å². The molecular weight excluding hydrogens is 304 g/mol. The molecule has 21 heavy (non-hydrogen) atoms. The maximum atomic E-state index is 12.3. The van der Waals surface area contributed by atoms with Crippen molar-refractivity contribution in [3.05, 3.63) is 40.7 Å². The van der Waals surface area contributed by atoms with Gasteiger partial charge >= 0.3 is 0 Å². The fourth-order valence-electron chi connectivity index (χ4n) is 1.82. The summed E-state index contributed by atoms with van der Waals surface area (Å²) in [5.74, 6) is 0. The molecular formula is C15H20N2O2S2. The zero-order valence-electron chi connectivity index (χ0n) is 12.7. The fraction of sp³-hybridized carbons (Fsp3) is 0.400. The average molecular weight is 324 g/mol. The summed E-state index contributed by atoms with van der Waals surface area (Å²) < 4.78 is 23.8. The Hall–Kier alpha value is -1.40. The topological polar surface area (TPSA) is 50.3 Å². The summed E-state index contributed by atoms with van der Waals surface area (Å²) in [6, 6.07) is 5.46. The lowest BCUT2D eigenvalue weighted by Gasteiger charge is -2.21. The van der Waals surface area contributed by atoms with Crippen molar-refractivity contribution in [1.82, 2.24) is 4.98 Å². The highest BCUT2D eigenvalue weighted by atomic mass is 32.2. The van der Waals surface area contributed by atoms with Gasteiger partial charge in [-0.1, -0.05) is 0 Å². The van der Waals surface area contributed by atoms with Crippen LogP contribution < -0.4 is 4.90 Å². The van der Waals surface area contributed by atoms with E-state index in [2.05, 4.69) is 16.4 Å². The number of thiophene rings is 1. The summed E-state index contributed by atoms with van der Waals surface area (Å²) in [6.07, 6.45) is 1.62. The van der Waals surface area contributed by atoms with Gasteiger partial charge in [0.2, 0.25) is 0 Å². The maximum Gasteiger partial charge on any atom is 0.200 e. The smallest absolute Gasteiger partial charge is 0.200 e. The summed E-state index contributed by atoms with van der Waals surface area (Å²) in [5, 5.41) is 4.27. The van der Waals surface area contributed by atoms with E-state index in [9.17, 15) is 8.42 Å². The van der Waals surface area contributed by atoms with Crippen molar-refractivity contribution < 1.29 is 8.42 Å². The van der Waals surface area contributed by atoms with E-state index >= 15 is 0 Å². The second-order valence-corrected chi connectivity index (χ2v) is 9.39. The molecule has 0 fully saturated rings. The van der Waals surface area contributed by atoms with E-state index in [1.165, 1.54) is 5.56 Å². The Bertz CT molecular complexity index is 684. The van der Waals surface area contributed by atoms with Crippen LogP contribution in [-0.4, -0.2) is 25.2 Å². The molecule has 6 heteroatoms. The van der Waals surface area contributed by atoms with Gasteiger partial charge in [-0.25, -0.2) is 13.4 Å². The molecule has 0 aliphatic rings. The van der Waals surface area contributed by atoms with Gasteiger partial charge in [-0.2, -0.15) is 11.3 Å². The molecule has 0 atom stereocenters. The predicted molar refractivity (Wildman–Crippen MR) is 87.6 cm³/mol. The molecule has 0 amide bonds. The molecule has 0 radical (unpaired) electrons. The summed E-state index contributed by atoms with van der Waals surface area (Å²) >= 11 is 1.66. The van der Waals surface area contributed by atoms with Gasteiger partial charge in [0.05, 0.1) is 16.6 Å². The molecule has 0 N–H and O–H groups in total. The van der Waals surface area contributed by atoms with Crippen LogP contribution in [0.2, 0.25) is 0 Å². The summed E-state index contributed by atoms with van der Waals surface area (Å²) in [4.78, 5) is 6.18. The lowest BCUT2D eigenvalue weighted by Crippen LogP contribution is -2.28. The van der Waals surface area contributed by atoms with Gasteiger partial charge in [0, 0.05) is 13.6 Å². The second-order valence-electron chi connectivity index (χ2n) is 5.96. The number of pyridine rings is 1. The average Bonchev–Trinajstić information content (AvgIpc) is 2.90. The van der Waals surface area contributed by atoms with E-state index in [0.717, 1.165) is 12.2 Å². The Morgan fingerprint density at radius 1 is 1.24 bits per heavy atom. The zero-order chi connectivity index (χ0) is 15.7. The van der Waals surface area contributed by atoms with Crippen LogP contribution in [0.3, 0.4) is 0 Å². The first kappa shape index (κ1) is 16.0. The Kier molecular flexibility index (Phi) is 4.39. The summed E-state index contributed by atoms with van der Waals surface area (Å²) in [7, 11) is -1.43. The molecule has 4 nitrogen and oxygen atoms in total. The first-order chi connectivity index (χ1) is 9.72. The molecule has 2 aromatic rings. The second kappa shape index (κ2) is 5.77. The molecule has 2 aromatic heterocycles. The third-order valence-electron chi connectivity index (χ3n) is 3.24. The van der Waals surface area contributed by atoms with Crippen molar-refractivity contribution in [3.8, 4) is 0 Å². The van der Waals surface area contributed by atoms with Gasteiger partial charge in [-0.15, -0.1) is 0 Å². The van der Waals surface area contributed by atoms with E-state index in [1.807, 2.05) is 17.3 Å². The van der Waals surface area contributed by atoms with E-state index in [4.69, 9.17) is 0 Å². The molecule has 0 aliphatic heterocycles. The van der Waals surface area contributed by atoms with Crippen LogP contribution in [0, 0.1) is 0 Å².